The molecule has 200 valence electrons. The average molecular weight is 517 g/mol. The highest BCUT2D eigenvalue weighted by Crippen LogP contribution is 2.34. The molecule has 2 nitrogen and oxygen atoms in total. The molecule has 0 heterocycles. The third-order valence-electron chi connectivity index (χ3n) is 7.65. The summed E-state index contributed by atoms with van der Waals surface area (Å²) in [4.78, 5) is 0. The SMILES string of the molecule is COCCC1CCC(CCc2ccc3c(F)c(CCc4ccc(OCC(F)(F)F)cc4)ccc3c2)CC1. The third-order valence-corrected chi connectivity index (χ3v) is 7.65. The fourth-order valence-electron chi connectivity index (χ4n) is 5.40. The molecule has 4 rings (SSSR count). The van der Waals surface area contributed by atoms with Crippen molar-refractivity contribution < 1.29 is 27.0 Å². The molecule has 6 heteroatoms. The van der Waals surface area contributed by atoms with Crippen molar-refractivity contribution in [1.82, 2.24) is 0 Å². The van der Waals surface area contributed by atoms with E-state index in [0.717, 1.165) is 35.8 Å². The summed E-state index contributed by atoms with van der Waals surface area (Å²) < 4.78 is 62.1. The first kappa shape index (κ1) is 27.4. The van der Waals surface area contributed by atoms with E-state index in [-0.39, 0.29) is 11.6 Å². The number of rotatable bonds is 11. The Morgan fingerprint density at radius 2 is 1.46 bits per heavy atom. The van der Waals surface area contributed by atoms with Crippen LogP contribution < -0.4 is 4.74 Å². The van der Waals surface area contributed by atoms with Crippen LogP contribution in [0.25, 0.3) is 10.8 Å². The van der Waals surface area contributed by atoms with E-state index in [1.165, 1.54) is 56.2 Å². The van der Waals surface area contributed by atoms with Crippen molar-refractivity contribution in [2.45, 2.75) is 64.0 Å². The van der Waals surface area contributed by atoms with Gasteiger partial charge in [-0.25, -0.2) is 4.39 Å². The van der Waals surface area contributed by atoms with E-state index in [0.29, 0.717) is 23.8 Å². The second-order valence-electron chi connectivity index (χ2n) is 10.3. The first-order chi connectivity index (χ1) is 17.8. The number of fused-ring (bicyclic) bond motifs is 1. The van der Waals surface area contributed by atoms with Crippen molar-refractivity contribution in [3.05, 3.63) is 77.1 Å². The van der Waals surface area contributed by atoms with Gasteiger partial charge in [-0.2, -0.15) is 13.2 Å². The third kappa shape index (κ3) is 8.19. The minimum absolute atomic E-state index is 0.170. The summed E-state index contributed by atoms with van der Waals surface area (Å²) >= 11 is 0. The van der Waals surface area contributed by atoms with Gasteiger partial charge in [0.15, 0.2) is 6.61 Å². The lowest BCUT2D eigenvalue weighted by atomic mass is 9.78. The minimum Gasteiger partial charge on any atom is -0.484 e. The Labute approximate surface area is 217 Å². The summed E-state index contributed by atoms with van der Waals surface area (Å²) in [5.41, 5.74) is 2.82. The summed E-state index contributed by atoms with van der Waals surface area (Å²) in [5.74, 6) is 1.57. The number of halogens is 4. The van der Waals surface area contributed by atoms with Crippen molar-refractivity contribution in [2.24, 2.45) is 11.8 Å². The molecule has 1 aliphatic rings. The van der Waals surface area contributed by atoms with Crippen molar-refractivity contribution in [1.29, 1.82) is 0 Å². The predicted molar refractivity (Wildman–Crippen MR) is 140 cm³/mol. The van der Waals surface area contributed by atoms with E-state index in [2.05, 4.69) is 12.1 Å². The average Bonchev–Trinajstić information content (AvgIpc) is 2.90. The molecule has 0 spiro atoms. The van der Waals surface area contributed by atoms with E-state index < -0.39 is 12.8 Å². The lowest BCUT2D eigenvalue weighted by Gasteiger charge is -2.28. The zero-order valence-corrected chi connectivity index (χ0v) is 21.5. The first-order valence-corrected chi connectivity index (χ1v) is 13.3. The van der Waals surface area contributed by atoms with Gasteiger partial charge in [-0.3, -0.25) is 0 Å². The number of hydrogen-bond donors (Lipinski definition) is 0. The molecular formula is C31H36F4O2. The molecule has 0 amide bonds. The van der Waals surface area contributed by atoms with Crippen LogP contribution in [0.2, 0.25) is 0 Å². The zero-order chi connectivity index (χ0) is 26.3. The van der Waals surface area contributed by atoms with Gasteiger partial charge in [0.2, 0.25) is 0 Å². The molecule has 37 heavy (non-hydrogen) atoms. The Kier molecular flexibility index (Phi) is 9.47. The molecular weight excluding hydrogens is 480 g/mol. The second kappa shape index (κ2) is 12.8. The summed E-state index contributed by atoms with van der Waals surface area (Å²) in [6.45, 7) is -0.450. The van der Waals surface area contributed by atoms with Gasteiger partial charge in [-0.15, -0.1) is 0 Å². The van der Waals surface area contributed by atoms with Crippen LogP contribution >= 0.6 is 0 Å². The smallest absolute Gasteiger partial charge is 0.422 e. The van der Waals surface area contributed by atoms with E-state index in [9.17, 15) is 13.2 Å². The van der Waals surface area contributed by atoms with Gasteiger partial charge < -0.3 is 9.47 Å². The van der Waals surface area contributed by atoms with Crippen molar-refractivity contribution in [3.63, 3.8) is 0 Å². The Morgan fingerprint density at radius 3 is 2.14 bits per heavy atom. The summed E-state index contributed by atoms with van der Waals surface area (Å²) in [5, 5.41) is 1.56. The summed E-state index contributed by atoms with van der Waals surface area (Å²) in [6.07, 6.45) is 5.31. The van der Waals surface area contributed by atoms with E-state index >= 15 is 4.39 Å². The van der Waals surface area contributed by atoms with E-state index in [1.807, 2.05) is 18.2 Å². The number of hydrogen-bond acceptors (Lipinski definition) is 2. The van der Waals surface area contributed by atoms with Crippen molar-refractivity contribution >= 4 is 10.8 Å². The number of alkyl halides is 3. The highest BCUT2D eigenvalue weighted by atomic mass is 19.4. The number of ether oxygens (including phenoxy) is 2. The Hall–Kier alpha value is -2.60. The van der Waals surface area contributed by atoms with Crippen LogP contribution in [-0.4, -0.2) is 26.5 Å². The lowest BCUT2D eigenvalue weighted by molar-refractivity contribution is -0.153. The lowest BCUT2D eigenvalue weighted by Crippen LogP contribution is -2.19. The van der Waals surface area contributed by atoms with Gasteiger partial charge >= 0.3 is 6.18 Å². The largest absolute Gasteiger partial charge is 0.484 e. The highest BCUT2D eigenvalue weighted by Gasteiger charge is 2.28. The van der Waals surface area contributed by atoms with Gasteiger partial charge in [0.1, 0.15) is 11.6 Å². The maximum absolute atomic E-state index is 15.2. The maximum atomic E-state index is 15.2. The standard InChI is InChI=1S/C31H36F4O2/c1-36-19-18-24-4-2-22(3-5-24)6-7-25-11-17-29-27(20-25)14-13-26(30(29)32)12-8-23-9-15-28(16-10-23)37-21-31(33,34)35/h9-11,13-17,20,22,24H,2-8,12,18-19,21H2,1H3. The van der Waals surface area contributed by atoms with Crippen LogP contribution in [0.4, 0.5) is 17.6 Å². The highest BCUT2D eigenvalue weighted by molar-refractivity contribution is 5.84. The van der Waals surface area contributed by atoms with E-state index in [1.54, 1.807) is 19.2 Å². The molecule has 0 bridgehead atoms. The van der Waals surface area contributed by atoms with Crippen LogP contribution in [0, 0.1) is 17.7 Å². The monoisotopic (exact) mass is 516 g/mol. The Balaban J connectivity index is 1.29. The molecule has 1 fully saturated rings. The van der Waals surface area contributed by atoms with Gasteiger partial charge in [0, 0.05) is 19.1 Å². The van der Waals surface area contributed by atoms with E-state index in [4.69, 9.17) is 9.47 Å². The Bertz CT molecular complexity index is 1130. The fourth-order valence-corrected chi connectivity index (χ4v) is 5.40. The molecule has 0 N–H and O–H groups in total. The zero-order valence-electron chi connectivity index (χ0n) is 21.5. The molecule has 0 aliphatic heterocycles. The van der Waals surface area contributed by atoms with Crippen LogP contribution in [0.5, 0.6) is 5.75 Å². The van der Waals surface area contributed by atoms with Gasteiger partial charge in [-0.1, -0.05) is 68.1 Å². The molecule has 3 aromatic carbocycles. The number of methoxy groups -OCH3 is 1. The first-order valence-electron chi connectivity index (χ1n) is 13.3. The van der Waals surface area contributed by atoms with Crippen LogP contribution in [0.15, 0.2) is 54.6 Å². The minimum atomic E-state index is -4.36. The number of benzene rings is 3. The second-order valence-corrected chi connectivity index (χ2v) is 10.3. The molecule has 3 aromatic rings. The molecule has 1 saturated carbocycles. The quantitative estimate of drug-likeness (QED) is 0.238. The van der Waals surface area contributed by atoms with Crippen LogP contribution in [0.3, 0.4) is 0 Å². The van der Waals surface area contributed by atoms with Gasteiger partial charge in [0.25, 0.3) is 0 Å². The number of aryl methyl sites for hydroxylation is 3. The molecule has 0 radical (unpaired) electrons. The maximum Gasteiger partial charge on any atom is 0.422 e. The van der Waals surface area contributed by atoms with Gasteiger partial charge in [0.05, 0.1) is 0 Å². The Morgan fingerprint density at radius 1 is 0.784 bits per heavy atom. The van der Waals surface area contributed by atoms with Crippen LogP contribution in [0.1, 0.15) is 55.2 Å². The van der Waals surface area contributed by atoms with Crippen LogP contribution in [-0.2, 0) is 24.0 Å². The van der Waals surface area contributed by atoms with Crippen molar-refractivity contribution in [2.75, 3.05) is 20.3 Å². The molecule has 0 saturated heterocycles. The molecule has 0 unspecified atom stereocenters. The predicted octanol–water partition coefficient (Wildman–Crippen LogP) is 8.48. The fraction of sp³-hybridized carbons (Fsp3) is 0.484. The molecule has 1 aliphatic carbocycles. The van der Waals surface area contributed by atoms with Crippen molar-refractivity contribution in [3.8, 4) is 5.75 Å². The summed E-state index contributed by atoms with van der Waals surface area (Å²) in [7, 11) is 1.77. The molecule has 0 atom stereocenters. The van der Waals surface area contributed by atoms with Gasteiger partial charge in [-0.05, 0) is 78.1 Å². The molecule has 0 aromatic heterocycles. The topological polar surface area (TPSA) is 18.5 Å². The normalized spacial score (nSPS) is 18.3. The summed E-state index contributed by atoms with van der Waals surface area (Å²) in [6, 6.07) is 16.4.